The molecule has 7 heteroatoms. The monoisotopic (exact) mass is 413 g/mol. The van der Waals surface area contributed by atoms with Gasteiger partial charge in [-0.3, -0.25) is 0 Å². The number of halogens is 2. The number of hydrogen-bond donors (Lipinski definition) is 0. The van der Waals surface area contributed by atoms with E-state index in [2.05, 4.69) is 0 Å². The molecule has 0 atom stereocenters. The number of nitrogens with zero attached hydrogens (tertiary/aromatic N) is 1. The Balaban J connectivity index is 1.52. The Bertz CT molecular complexity index is 835. The molecular formula is C19H21Cl2NO3S. The molecule has 0 radical (unpaired) electrons. The molecule has 1 fully saturated rings. The zero-order valence-electron chi connectivity index (χ0n) is 14.3. The highest BCUT2D eigenvalue weighted by Gasteiger charge is 2.28. The van der Waals surface area contributed by atoms with Gasteiger partial charge >= 0.3 is 0 Å². The molecule has 0 spiro atoms. The minimum atomic E-state index is -3.38. The van der Waals surface area contributed by atoms with Crippen molar-refractivity contribution in [2.75, 3.05) is 13.1 Å². The van der Waals surface area contributed by atoms with E-state index in [-0.39, 0.29) is 11.9 Å². The summed E-state index contributed by atoms with van der Waals surface area (Å²) in [5, 5.41) is 0.789. The molecular weight excluding hydrogens is 393 g/mol. The third-order valence-corrected chi connectivity index (χ3v) is 7.05. The number of rotatable bonds is 6. The first-order chi connectivity index (χ1) is 12.4. The lowest BCUT2D eigenvalue weighted by atomic mass is 10.1. The van der Waals surface area contributed by atoms with Gasteiger partial charge in [-0.2, -0.15) is 0 Å². The standard InChI is InChI=1S/C19H21Cl2NO3S/c20-18-7-6-16(12-19(18)21)14-26(23,24)22-10-8-17(9-11-22)25-13-15-4-2-1-3-5-15/h1-7,12,17H,8-11,13-14H2. The van der Waals surface area contributed by atoms with Crippen molar-refractivity contribution in [3.63, 3.8) is 0 Å². The molecule has 0 N–H and O–H groups in total. The maximum absolute atomic E-state index is 12.6. The molecule has 0 aromatic heterocycles. The lowest BCUT2D eigenvalue weighted by Crippen LogP contribution is -2.41. The lowest BCUT2D eigenvalue weighted by Gasteiger charge is -2.31. The van der Waals surface area contributed by atoms with Crippen molar-refractivity contribution in [3.8, 4) is 0 Å². The Kier molecular flexibility index (Phi) is 6.59. The van der Waals surface area contributed by atoms with Gasteiger partial charge in [0.2, 0.25) is 10.0 Å². The van der Waals surface area contributed by atoms with Crippen LogP contribution in [0.5, 0.6) is 0 Å². The molecule has 0 unspecified atom stereocenters. The number of sulfonamides is 1. The van der Waals surface area contributed by atoms with E-state index < -0.39 is 10.0 Å². The molecule has 0 bridgehead atoms. The Hall–Kier alpha value is -1.11. The van der Waals surface area contributed by atoms with Crippen LogP contribution in [-0.2, 0) is 27.1 Å². The summed E-state index contributed by atoms with van der Waals surface area (Å²) in [7, 11) is -3.38. The Labute approximate surface area is 164 Å². The number of benzene rings is 2. The van der Waals surface area contributed by atoms with Crippen LogP contribution >= 0.6 is 23.2 Å². The van der Waals surface area contributed by atoms with E-state index in [0.717, 1.165) is 5.56 Å². The minimum Gasteiger partial charge on any atom is -0.373 e. The summed E-state index contributed by atoms with van der Waals surface area (Å²) >= 11 is 11.9. The van der Waals surface area contributed by atoms with E-state index in [1.165, 1.54) is 4.31 Å². The molecule has 1 saturated heterocycles. The fourth-order valence-corrected chi connectivity index (χ4v) is 4.87. The zero-order valence-corrected chi connectivity index (χ0v) is 16.6. The van der Waals surface area contributed by atoms with Crippen molar-refractivity contribution in [1.82, 2.24) is 4.31 Å². The third kappa shape index (κ3) is 5.21. The molecule has 140 valence electrons. The van der Waals surface area contributed by atoms with E-state index in [0.29, 0.717) is 48.1 Å². The molecule has 1 heterocycles. The third-order valence-electron chi connectivity index (χ3n) is 4.46. The van der Waals surface area contributed by atoms with Crippen molar-refractivity contribution in [2.24, 2.45) is 0 Å². The van der Waals surface area contributed by atoms with Gasteiger partial charge in [0.25, 0.3) is 0 Å². The highest BCUT2D eigenvalue weighted by Crippen LogP contribution is 2.25. The topological polar surface area (TPSA) is 46.6 Å². The van der Waals surface area contributed by atoms with Gasteiger partial charge in [-0.1, -0.05) is 59.6 Å². The van der Waals surface area contributed by atoms with Crippen LogP contribution in [0.3, 0.4) is 0 Å². The number of ether oxygens (including phenoxy) is 1. The fourth-order valence-electron chi connectivity index (χ4n) is 3.00. The van der Waals surface area contributed by atoms with Crippen LogP contribution in [-0.4, -0.2) is 31.9 Å². The predicted molar refractivity (Wildman–Crippen MR) is 105 cm³/mol. The van der Waals surface area contributed by atoms with Crippen molar-refractivity contribution in [1.29, 1.82) is 0 Å². The maximum atomic E-state index is 12.6. The second-order valence-electron chi connectivity index (χ2n) is 6.40. The summed E-state index contributed by atoms with van der Waals surface area (Å²) < 4.78 is 32.8. The van der Waals surface area contributed by atoms with E-state index in [1.807, 2.05) is 30.3 Å². The summed E-state index contributed by atoms with van der Waals surface area (Å²) in [4.78, 5) is 0. The molecule has 4 nitrogen and oxygen atoms in total. The highest BCUT2D eigenvalue weighted by atomic mass is 35.5. The molecule has 2 aromatic carbocycles. The van der Waals surface area contributed by atoms with Crippen LogP contribution in [0.25, 0.3) is 0 Å². The van der Waals surface area contributed by atoms with Gasteiger partial charge in [-0.25, -0.2) is 12.7 Å². The predicted octanol–water partition coefficient (Wildman–Crippen LogP) is 4.50. The van der Waals surface area contributed by atoms with Crippen molar-refractivity contribution in [2.45, 2.75) is 31.3 Å². The quantitative estimate of drug-likeness (QED) is 0.699. The molecule has 26 heavy (non-hydrogen) atoms. The van der Waals surface area contributed by atoms with Crippen LogP contribution in [0, 0.1) is 0 Å². The molecule has 3 rings (SSSR count). The fraction of sp³-hybridized carbons (Fsp3) is 0.368. The minimum absolute atomic E-state index is 0.0700. The highest BCUT2D eigenvalue weighted by molar-refractivity contribution is 7.88. The lowest BCUT2D eigenvalue weighted by molar-refractivity contribution is 0.0102. The van der Waals surface area contributed by atoms with Gasteiger partial charge in [-0.15, -0.1) is 0 Å². The van der Waals surface area contributed by atoms with E-state index >= 15 is 0 Å². The van der Waals surface area contributed by atoms with Gasteiger partial charge in [0.05, 0.1) is 28.5 Å². The summed E-state index contributed by atoms with van der Waals surface area (Å²) in [6, 6.07) is 14.9. The molecule has 1 aliphatic rings. The number of piperidine rings is 1. The summed E-state index contributed by atoms with van der Waals surface area (Å²) in [6.07, 6.45) is 1.49. The van der Waals surface area contributed by atoms with Crippen LogP contribution in [0.15, 0.2) is 48.5 Å². The van der Waals surface area contributed by atoms with Crippen LogP contribution in [0.4, 0.5) is 0 Å². The van der Waals surface area contributed by atoms with Crippen molar-refractivity contribution in [3.05, 3.63) is 69.7 Å². The molecule has 2 aromatic rings. The largest absolute Gasteiger partial charge is 0.373 e. The molecule has 0 saturated carbocycles. The van der Waals surface area contributed by atoms with E-state index in [9.17, 15) is 8.42 Å². The Morgan fingerprint density at radius 3 is 2.31 bits per heavy atom. The van der Waals surface area contributed by atoms with E-state index in [4.69, 9.17) is 27.9 Å². The van der Waals surface area contributed by atoms with Crippen LogP contribution in [0.2, 0.25) is 10.0 Å². The number of hydrogen-bond acceptors (Lipinski definition) is 3. The van der Waals surface area contributed by atoms with Gasteiger partial charge in [0, 0.05) is 13.1 Å². The normalized spacial score (nSPS) is 16.7. The van der Waals surface area contributed by atoms with Gasteiger partial charge in [-0.05, 0) is 36.1 Å². The van der Waals surface area contributed by atoms with Crippen LogP contribution in [0.1, 0.15) is 24.0 Å². The summed E-state index contributed by atoms with van der Waals surface area (Å²) in [6.45, 7) is 1.51. The first kappa shape index (κ1) is 19.6. The average molecular weight is 414 g/mol. The van der Waals surface area contributed by atoms with Crippen molar-refractivity contribution >= 4 is 33.2 Å². The van der Waals surface area contributed by atoms with Gasteiger partial charge in [0.1, 0.15) is 0 Å². The second kappa shape index (κ2) is 8.72. The van der Waals surface area contributed by atoms with Gasteiger partial charge in [0.15, 0.2) is 0 Å². The summed E-state index contributed by atoms with van der Waals surface area (Å²) in [5.41, 5.74) is 1.77. The Morgan fingerprint density at radius 2 is 1.65 bits per heavy atom. The van der Waals surface area contributed by atoms with Crippen molar-refractivity contribution < 1.29 is 13.2 Å². The maximum Gasteiger partial charge on any atom is 0.218 e. The molecule has 0 aliphatic carbocycles. The van der Waals surface area contributed by atoms with Gasteiger partial charge < -0.3 is 4.74 Å². The zero-order chi connectivity index (χ0) is 18.6. The first-order valence-electron chi connectivity index (χ1n) is 8.51. The smallest absolute Gasteiger partial charge is 0.218 e. The van der Waals surface area contributed by atoms with E-state index in [1.54, 1.807) is 18.2 Å². The molecule has 0 amide bonds. The summed E-state index contributed by atoms with van der Waals surface area (Å²) in [5.74, 6) is -0.0700. The first-order valence-corrected chi connectivity index (χ1v) is 10.9. The Morgan fingerprint density at radius 1 is 0.962 bits per heavy atom. The second-order valence-corrected chi connectivity index (χ2v) is 9.18. The SMILES string of the molecule is O=S(=O)(Cc1ccc(Cl)c(Cl)c1)N1CCC(OCc2ccccc2)CC1. The molecule has 1 aliphatic heterocycles. The average Bonchev–Trinajstić information content (AvgIpc) is 2.64. The van der Waals surface area contributed by atoms with Crippen LogP contribution < -0.4 is 0 Å².